The Kier molecular flexibility index (Phi) is 4.04. The van der Waals surface area contributed by atoms with E-state index in [9.17, 15) is 4.79 Å². The molecule has 0 aliphatic heterocycles. The average molecular weight is 277 g/mol. The van der Waals surface area contributed by atoms with Crippen LogP contribution in [-0.2, 0) is 4.79 Å². The SMILES string of the molecule is CN(CC(=O)N(C)C1CC1)c1cccc(C(N)=S)c1. The van der Waals surface area contributed by atoms with Gasteiger partial charge in [0, 0.05) is 31.4 Å². The van der Waals surface area contributed by atoms with Crippen LogP contribution in [0.3, 0.4) is 0 Å². The van der Waals surface area contributed by atoms with E-state index < -0.39 is 0 Å². The maximum atomic E-state index is 12.1. The van der Waals surface area contributed by atoms with E-state index in [4.69, 9.17) is 18.0 Å². The molecule has 2 rings (SSSR count). The van der Waals surface area contributed by atoms with Crippen LogP contribution in [0.15, 0.2) is 24.3 Å². The fourth-order valence-electron chi connectivity index (χ4n) is 1.97. The van der Waals surface area contributed by atoms with E-state index in [2.05, 4.69) is 0 Å². The highest BCUT2D eigenvalue weighted by atomic mass is 32.1. The lowest BCUT2D eigenvalue weighted by Crippen LogP contribution is -2.37. The molecule has 1 amide bonds. The summed E-state index contributed by atoms with van der Waals surface area (Å²) in [6, 6.07) is 8.08. The van der Waals surface area contributed by atoms with Gasteiger partial charge in [-0.1, -0.05) is 24.4 Å². The summed E-state index contributed by atoms with van der Waals surface area (Å²) in [5.41, 5.74) is 7.39. The first-order valence-electron chi connectivity index (χ1n) is 6.35. The van der Waals surface area contributed by atoms with Crippen molar-refractivity contribution in [3.8, 4) is 0 Å². The number of nitrogens with two attached hydrogens (primary N) is 1. The lowest BCUT2D eigenvalue weighted by atomic mass is 10.2. The third-order valence-corrected chi connectivity index (χ3v) is 3.67. The smallest absolute Gasteiger partial charge is 0.242 e. The van der Waals surface area contributed by atoms with Gasteiger partial charge in [-0.2, -0.15) is 0 Å². The molecule has 0 spiro atoms. The van der Waals surface area contributed by atoms with Gasteiger partial charge in [0.2, 0.25) is 5.91 Å². The maximum Gasteiger partial charge on any atom is 0.242 e. The third kappa shape index (κ3) is 3.44. The van der Waals surface area contributed by atoms with Crippen molar-refractivity contribution in [2.45, 2.75) is 18.9 Å². The number of likely N-dealkylation sites (N-methyl/N-ethyl adjacent to an activating group) is 2. The topological polar surface area (TPSA) is 49.6 Å². The summed E-state index contributed by atoms with van der Waals surface area (Å²) < 4.78 is 0. The van der Waals surface area contributed by atoms with Crippen molar-refractivity contribution < 1.29 is 4.79 Å². The molecular weight excluding hydrogens is 258 g/mol. The molecule has 1 aromatic rings. The second-order valence-corrected chi connectivity index (χ2v) is 5.45. The van der Waals surface area contributed by atoms with Crippen LogP contribution in [0.1, 0.15) is 18.4 Å². The third-order valence-electron chi connectivity index (χ3n) is 3.43. The number of nitrogens with zero attached hydrogens (tertiary/aromatic N) is 2. The number of carbonyl (C=O) groups is 1. The van der Waals surface area contributed by atoms with E-state index in [1.807, 2.05) is 48.2 Å². The Morgan fingerprint density at radius 1 is 1.42 bits per heavy atom. The average Bonchev–Trinajstić information content (AvgIpc) is 3.22. The first kappa shape index (κ1) is 13.8. The van der Waals surface area contributed by atoms with Crippen molar-refractivity contribution in [1.29, 1.82) is 0 Å². The number of hydrogen-bond donors (Lipinski definition) is 1. The first-order chi connectivity index (χ1) is 8.99. The zero-order chi connectivity index (χ0) is 14.0. The predicted octanol–water partition coefficient (Wildman–Crippen LogP) is 1.38. The molecule has 1 aromatic carbocycles. The number of anilines is 1. The highest BCUT2D eigenvalue weighted by molar-refractivity contribution is 7.80. The van der Waals surface area contributed by atoms with Crippen LogP contribution >= 0.6 is 12.2 Å². The lowest BCUT2D eigenvalue weighted by Gasteiger charge is -2.23. The van der Waals surface area contributed by atoms with E-state index in [1.165, 1.54) is 0 Å². The summed E-state index contributed by atoms with van der Waals surface area (Å²) in [5.74, 6) is 0.144. The number of benzene rings is 1. The molecule has 4 nitrogen and oxygen atoms in total. The number of rotatable bonds is 5. The molecule has 1 fully saturated rings. The minimum atomic E-state index is 0.144. The molecule has 19 heavy (non-hydrogen) atoms. The standard InChI is InChI=1S/C14H19N3OS/c1-16(9-13(18)17(2)11-6-7-11)12-5-3-4-10(8-12)14(15)19/h3-5,8,11H,6-7,9H2,1-2H3,(H2,15,19). The summed E-state index contributed by atoms with van der Waals surface area (Å²) in [6.45, 7) is 0.369. The second kappa shape index (κ2) is 5.57. The Labute approximate surface area is 119 Å². The summed E-state index contributed by atoms with van der Waals surface area (Å²) >= 11 is 4.96. The fourth-order valence-corrected chi connectivity index (χ4v) is 2.09. The highest BCUT2D eigenvalue weighted by Gasteiger charge is 2.29. The van der Waals surface area contributed by atoms with Crippen LogP contribution in [0, 0.1) is 0 Å². The molecule has 1 aliphatic carbocycles. The molecule has 0 saturated heterocycles. The van der Waals surface area contributed by atoms with Gasteiger partial charge in [0.15, 0.2) is 0 Å². The molecule has 0 atom stereocenters. The van der Waals surface area contributed by atoms with Gasteiger partial charge in [-0.15, -0.1) is 0 Å². The maximum absolute atomic E-state index is 12.1. The Morgan fingerprint density at radius 3 is 2.68 bits per heavy atom. The van der Waals surface area contributed by atoms with Gasteiger partial charge in [0.1, 0.15) is 4.99 Å². The normalized spacial score (nSPS) is 14.0. The molecule has 0 radical (unpaired) electrons. The fraction of sp³-hybridized carbons (Fsp3) is 0.429. The summed E-state index contributed by atoms with van der Waals surface area (Å²) in [7, 11) is 3.77. The van der Waals surface area contributed by atoms with Crippen LogP contribution in [-0.4, -0.2) is 42.5 Å². The predicted molar refractivity (Wildman–Crippen MR) is 81.4 cm³/mol. The van der Waals surface area contributed by atoms with Crippen LogP contribution < -0.4 is 10.6 Å². The minimum absolute atomic E-state index is 0.144. The minimum Gasteiger partial charge on any atom is -0.389 e. The molecule has 0 aromatic heterocycles. The molecule has 2 N–H and O–H groups in total. The number of carbonyl (C=O) groups excluding carboxylic acids is 1. The summed E-state index contributed by atoms with van der Waals surface area (Å²) in [6.07, 6.45) is 2.26. The van der Waals surface area contributed by atoms with Gasteiger partial charge in [0.25, 0.3) is 0 Å². The quantitative estimate of drug-likeness (QED) is 0.826. The second-order valence-electron chi connectivity index (χ2n) is 5.01. The highest BCUT2D eigenvalue weighted by Crippen LogP contribution is 2.25. The van der Waals surface area contributed by atoms with Crippen LogP contribution in [0.25, 0.3) is 0 Å². The van der Waals surface area contributed by atoms with E-state index in [-0.39, 0.29) is 5.91 Å². The Balaban J connectivity index is 2.02. The van der Waals surface area contributed by atoms with Crippen molar-refractivity contribution in [3.05, 3.63) is 29.8 Å². The zero-order valence-corrected chi connectivity index (χ0v) is 12.1. The van der Waals surface area contributed by atoms with Gasteiger partial charge >= 0.3 is 0 Å². The van der Waals surface area contributed by atoms with Crippen LogP contribution in [0.2, 0.25) is 0 Å². The van der Waals surface area contributed by atoms with Crippen molar-refractivity contribution in [2.24, 2.45) is 5.73 Å². The Bertz CT molecular complexity index is 499. The van der Waals surface area contributed by atoms with E-state index in [1.54, 1.807) is 0 Å². The monoisotopic (exact) mass is 277 g/mol. The molecule has 1 saturated carbocycles. The molecule has 0 unspecified atom stereocenters. The van der Waals surface area contributed by atoms with E-state index in [0.29, 0.717) is 17.6 Å². The summed E-state index contributed by atoms with van der Waals surface area (Å²) in [5, 5.41) is 0. The van der Waals surface area contributed by atoms with Gasteiger partial charge in [-0.3, -0.25) is 4.79 Å². The number of thiocarbonyl (C=S) groups is 1. The van der Waals surface area contributed by atoms with Gasteiger partial charge in [-0.05, 0) is 25.0 Å². The first-order valence-corrected chi connectivity index (χ1v) is 6.76. The molecular formula is C14H19N3OS. The molecule has 102 valence electrons. The molecule has 1 aliphatic rings. The van der Waals surface area contributed by atoms with Crippen LogP contribution in [0.4, 0.5) is 5.69 Å². The van der Waals surface area contributed by atoms with E-state index >= 15 is 0 Å². The zero-order valence-electron chi connectivity index (χ0n) is 11.3. The van der Waals surface area contributed by atoms with Crippen molar-refractivity contribution in [2.75, 3.05) is 25.5 Å². The van der Waals surface area contributed by atoms with Crippen molar-refractivity contribution in [3.63, 3.8) is 0 Å². The van der Waals surface area contributed by atoms with Gasteiger partial charge in [0.05, 0.1) is 6.54 Å². The van der Waals surface area contributed by atoms with Gasteiger partial charge in [-0.25, -0.2) is 0 Å². The number of hydrogen-bond acceptors (Lipinski definition) is 3. The Hall–Kier alpha value is -1.62. The van der Waals surface area contributed by atoms with Gasteiger partial charge < -0.3 is 15.5 Å². The van der Waals surface area contributed by atoms with Crippen molar-refractivity contribution in [1.82, 2.24) is 4.90 Å². The molecule has 0 bridgehead atoms. The molecule has 0 heterocycles. The van der Waals surface area contributed by atoms with Crippen LogP contribution in [0.5, 0.6) is 0 Å². The Morgan fingerprint density at radius 2 is 2.11 bits per heavy atom. The van der Waals surface area contributed by atoms with E-state index in [0.717, 1.165) is 24.1 Å². The number of amides is 1. The summed E-state index contributed by atoms with van der Waals surface area (Å²) in [4.78, 5) is 16.2. The largest absolute Gasteiger partial charge is 0.389 e. The molecule has 5 heteroatoms. The lowest BCUT2D eigenvalue weighted by molar-refractivity contribution is -0.128. The van der Waals surface area contributed by atoms with Crippen molar-refractivity contribution >= 4 is 28.8 Å².